The van der Waals surface area contributed by atoms with E-state index in [1.54, 1.807) is 43.6 Å². The van der Waals surface area contributed by atoms with Gasteiger partial charge in [0.25, 0.3) is 0 Å². The second kappa shape index (κ2) is 9.84. The molecule has 0 aromatic carbocycles. The second-order valence-electron chi connectivity index (χ2n) is 5.17. The van der Waals surface area contributed by atoms with E-state index in [0.717, 1.165) is 0 Å². The molecule has 136 valence electrons. The lowest BCUT2D eigenvalue weighted by Crippen LogP contribution is -2.42. The minimum atomic E-state index is -1.61. The van der Waals surface area contributed by atoms with E-state index in [-0.39, 0.29) is 18.5 Å². The van der Waals surface area contributed by atoms with Crippen molar-refractivity contribution in [2.24, 2.45) is 0 Å². The zero-order valence-corrected chi connectivity index (χ0v) is 16.7. The van der Waals surface area contributed by atoms with Gasteiger partial charge in [0.15, 0.2) is 11.4 Å². The Hall–Kier alpha value is -1.71. The van der Waals surface area contributed by atoms with Gasteiger partial charge in [-0.25, -0.2) is 4.79 Å². The van der Waals surface area contributed by atoms with Crippen LogP contribution in [0.4, 0.5) is 4.79 Å². The van der Waals surface area contributed by atoms with E-state index in [0.29, 0.717) is 16.9 Å². The molecule has 1 unspecified atom stereocenters. The fourth-order valence-corrected chi connectivity index (χ4v) is 4.90. The van der Waals surface area contributed by atoms with Crippen LogP contribution in [0.5, 0.6) is 0 Å². The van der Waals surface area contributed by atoms with Crippen molar-refractivity contribution in [3.05, 3.63) is 35.1 Å². The first-order valence-corrected chi connectivity index (χ1v) is 11.6. The van der Waals surface area contributed by atoms with Crippen molar-refractivity contribution in [2.45, 2.75) is 18.4 Å². The average molecular weight is 408 g/mol. The molecule has 8 heteroatoms. The summed E-state index contributed by atoms with van der Waals surface area (Å²) in [6.07, 6.45) is 6.17. The third-order valence-electron chi connectivity index (χ3n) is 3.55. The zero-order valence-electron chi connectivity index (χ0n) is 14.3. The van der Waals surface area contributed by atoms with Gasteiger partial charge in [-0.15, -0.1) is 0 Å². The maximum absolute atomic E-state index is 12.6. The minimum Gasteiger partial charge on any atom is -0.453 e. The summed E-state index contributed by atoms with van der Waals surface area (Å²) < 4.78 is 4.61. The molecular weight excluding hydrogens is 390 g/mol. The Morgan fingerprint density at radius 1 is 1.46 bits per heavy atom. The Morgan fingerprint density at radius 3 is 2.96 bits per heavy atom. The normalized spacial score (nSPS) is 22.9. The van der Waals surface area contributed by atoms with Gasteiger partial charge >= 0.3 is 6.09 Å². The second-order valence-corrected chi connectivity index (χ2v) is 9.55. The number of allylic oxidation sites excluding steroid dienone is 3. The van der Waals surface area contributed by atoms with Crippen molar-refractivity contribution in [3.8, 4) is 23.7 Å². The van der Waals surface area contributed by atoms with Crippen molar-refractivity contribution in [2.75, 3.05) is 19.1 Å². The number of methoxy groups -OCH3 is 1. The fraction of sp³-hybridized carbons (Fsp3) is 0.333. The van der Waals surface area contributed by atoms with Gasteiger partial charge in [-0.05, 0) is 39.4 Å². The van der Waals surface area contributed by atoms with Gasteiger partial charge in [0.2, 0.25) is 0 Å². The van der Waals surface area contributed by atoms with E-state index in [4.69, 9.17) is 0 Å². The van der Waals surface area contributed by atoms with Gasteiger partial charge in [0, 0.05) is 12.2 Å². The highest BCUT2D eigenvalue weighted by molar-refractivity contribution is 9.09. The summed E-state index contributed by atoms with van der Waals surface area (Å²) in [5.41, 5.74) is -0.520. The maximum atomic E-state index is 12.6. The molecule has 1 amide bonds. The molecule has 26 heavy (non-hydrogen) atoms. The summed E-state index contributed by atoms with van der Waals surface area (Å²) in [4.78, 5) is 24.2. The highest BCUT2D eigenvalue weighted by Crippen LogP contribution is 2.38. The lowest BCUT2D eigenvalue weighted by molar-refractivity contribution is -0.118. The minimum absolute atomic E-state index is 0.107. The van der Waals surface area contributed by atoms with Crippen LogP contribution in [-0.4, -0.2) is 41.7 Å². The number of carbonyl (C=O) groups excluding carboxylic acids is 2. The largest absolute Gasteiger partial charge is 0.453 e. The van der Waals surface area contributed by atoms with E-state index >= 15 is 0 Å². The predicted octanol–water partition coefficient (Wildman–Crippen LogP) is 2.85. The SMILES string of the molecule is COC(=O)NC1=C2CC#CC=CC#CC(O)(CC1=O)C2=CCSSSC. The summed E-state index contributed by atoms with van der Waals surface area (Å²) in [6.45, 7) is 0. The molecule has 0 aromatic heterocycles. The van der Waals surface area contributed by atoms with Gasteiger partial charge < -0.3 is 9.84 Å². The first-order chi connectivity index (χ1) is 12.5. The van der Waals surface area contributed by atoms with E-state index in [1.165, 1.54) is 7.11 Å². The van der Waals surface area contributed by atoms with E-state index in [9.17, 15) is 14.7 Å². The average Bonchev–Trinajstić information content (AvgIpc) is 2.61. The highest BCUT2D eigenvalue weighted by atomic mass is 33.5. The molecule has 0 aliphatic heterocycles. The standard InChI is InChI=1S/C18H17NO4S3/c1-23-17(21)19-16-13-8-6-4-3-5-7-10-18(22,12-15(16)20)14(13)9-11-25-26-24-2/h3,5,9,22H,8,11-12H2,1-2H3,(H,19,21). The molecule has 2 bridgehead atoms. The molecular formula is C18H17NO4S3. The van der Waals surface area contributed by atoms with Gasteiger partial charge in [0.05, 0.1) is 19.2 Å². The number of alkyl carbamates (subject to hydrolysis) is 1. The van der Waals surface area contributed by atoms with Crippen LogP contribution < -0.4 is 5.32 Å². The van der Waals surface area contributed by atoms with Crippen LogP contribution in [0.2, 0.25) is 0 Å². The first-order valence-electron chi connectivity index (χ1n) is 7.55. The number of ether oxygens (including phenoxy) is 1. The number of carbonyl (C=O) groups is 2. The summed E-state index contributed by atoms with van der Waals surface area (Å²) in [5, 5.41) is 13.5. The third-order valence-corrected chi connectivity index (χ3v) is 7.28. The first kappa shape index (κ1) is 20.6. The Bertz CT molecular complexity index is 808. The molecule has 2 aliphatic carbocycles. The van der Waals surface area contributed by atoms with Crippen molar-refractivity contribution >= 4 is 43.3 Å². The van der Waals surface area contributed by atoms with Crippen molar-refractivity contribution < 1.29 is 19.4 Å². The van der Waals surface area contributed by atoms with E-state index in [1.807, 2.05) is 12.3 Å². The van der Waals surface area contributed by atoms with E-state index in [2.05, 4.69) is 33.7 Å². The molecule has 5 nitrogen and oxygen atoms in total. The van der Waals surface area contributed by atoms with E-state index < -0.39 is 17.5 Å². The van der Waals surface area contributed by atoms with Gasteiger partial charge in [-0.2, -0.15) is 0 Å². The Morgan fingerprint density at radius 2 is 2.23 bits per heavy atom. The predicted molar refractivity (Wildman–Crippen MR) is 108 cm³/mol. The lowest BCUT2D eigenvalue weighted by Gasteiger charge is -2.33. The molecule has 0 saturated carbocycles. The van der Waals surface area contributed by atoms with Crippen molar-refractivity contribution in [1.29, 1.82) is 0 Å². The summed E-state index contributed by atoms with van der Waals surface area (Å²) in [7, 11) is 6.06. The molecule has 0 saturated heterocycles. The molecule has 0 radical (unpaired) electrons. The van der Waals surface area contributed by atoms with Crippen LogP contribution in [0, 0.1) is 23.7 Å². The highest BCUT2D eigenvalue weighted by Gasteiger charge is 2.42. The number of hydrogen-bond acceptors (Lipinski definition) is 7. The van der Waals surface area contributed by atoms with Crippen LogP contribution >= 0.6 is 31.4 Å². The quantitative estimate of drug-likeness (QED) is 0.412. The molecule has 0 fully saturated rings. The van der Waals surface area contributed by atoms with Crippen LogP contribution in [0.15, 0.2) is 35.1 Å². The lowest BCUT2D eigenvalue weighted by atomic mass is 9.76. The molecule has 0 spiro atoms. The maximum Gasteiger partial charge on any atom is 0.411 e. The Kier molecular flexibility index (Phi) is 7.80. The Balaban J connectivity index is 2.56. The monoisotopic (exact) mass is 407 g/mol. The van der Waals surface area contributed by atoms with Gasteiger partial charge in [-0.1, -0.05) is 51.3 Å². The number of fused-ring (bicyclic) bond motifs is 2. The zero-order chi connectivity index (χ0) is 19.0. The van der Waals surface area contributed by atoms with Gasteiger partial charge in [-0.3, -0.25) is 10.1 Å². The van der Waals surface area contributed by atoms with Crippen LogP contribution in [0.25, 0.3) is 0 Å². The molecule has 2 aliphatic rings. The smallest absolute Gasteiger partial charge is 0.411 e. The van der Waals surface area contributed by atoms with Crippen molar-refractivity contribution in [1.82, 2.24) is 5.32 Å². The van der Waals surface area contributed by atoms with Crippen LogP contribution in [-0.2, 0) is 9.53 Å². The molecule has 0 aromatic rings. The topological polar surface area (TPSA) is 75.6 Å². The third kappa shape index (κ3) is 5.15. The number of Topliss-reactive ketones (excluding diaryl/α,β-unsaturated/α-hetero) is 1. The number of nitrogens with one attached hydrogen (secondary N) is 1. The number of hydrogen-bond donors (Lipinski definition) is 2. The fourth-order valence-electron chi connectivity index (χ4n) is 2.49. The number of aliphatic hydroxyl groups is 1. The van der Waals surface area contributed by atoms with Crippen molar-refractivity contribution in [3.63, 3.8) is 0 Å². The van der Waals surface area contributed by atoms with Crippen LogP contribution in [0.3, 0.4) is 0 Å². The number of amides is 1. The number of ketones is 1. The summed E-state index contributed by atoms with van der Waals surface area (Å²) in [5.74, 6) is 11.5. The molecule has 0 heterocycles. The molecule has 1 atom stereocenters. The summed E-state index contributed by atoms with van der Waals surface area (Å²) >= 11 is 0. The van der Waals surface area contributed by atoms with Crippen LogP contribution in [0.1, 0.15) is 12.8 Å². The number of rotatable bonds is 5. The summed E-state index contributed by atoms with van der Waals surface area (Å²) in [6, 6.07) is 0. The Labute approximate surface area is 164 Å². The molecule has 2 rings (SSSR count). The van der Waals surface area contributed by atoms with Gasteiger partial charge in [0.1, 0.15) is 0 Å². The molecule has 2 N–H and O–H groups in total.